The molecule has 3 aromatic rings. The SMILES string of the molecule is N#Cc1ccc(S(=O)(=O)N2CCC(CCc3ccc(-c4ccccc4)cc3)CC2)cc1. The quantitative estimate of drug-likeness (QED) is 0.536. The third kappa shape index (κ3) is 5.04. The second kappa shape index (κ2) is 9.47. The van der Waals surface area contributed by atoms with Gasteiger partial charge in [0, 0.05) is 13.1 Å². The number of hydrogen-bond acceptors (Lipinski definition) is 3. The van der Waals surface area contributed by atoms with Crippen LogP contribution in [0, 0.1) is 17.2 Å². The molecule has 0 radical (unpaired) electrons. The van der Waals surface area contributed by atoms with Crippen LogP contribution in [0.25, 0.3) is 11.1 Å². The predicted molar refractivity (Wildman–Crippen MR) is 123 cm³/mol. The highest BCUT2D eigenvalue weighted by atomic mass is 32.2. The Kier molecular flexibility index (Phi) is 6.50. The Bertz CT molecular complexity index is 1140. The van der Waals surface area contributed by atoms with Crippen LogP contribution in [0.2, 0.25) is 0 Å². The molecule has 1 aliphatic rings. The lowest BCUT2D eigenvalue weighted by atomic mass is 9.91. The molecule has 1 fully saturated rings. The highest BCUT2D eigenvalue weighted by Crippen LogP contribution is 2.27. The minimum absolute atomic E-state index is 0.267. The van der Waals surface area contributed by atoms with Crippen molar-refractivity contribution in [1.29, 1.82) is 5.26 Å². The first-order valence-electron chi connectivity index (χ1n) is 10.7. The summed E-state index contributed by atoms with van der Waals surface area (Å²) in [6.07, 6.45) is 3.87. The van der Waals surface area contributed by atoms with Crippen molar-refractivity contribution in [3.8, 4) is 17.2 Å². The van der Waals surface area contributed by atoms with Crippen LogP contribution >= 0.6 is 0 Å². The lowest BCUT2D eigenvalue weighted by Gasteiger charge is -2.31. The van der Waals surface area contributed by atoms with Crippen LogP contribution in [-0.4, -0.2) is 25.8 Å². The smallest absolute Gasteiger partial charge is 0.207 e. The summed E-state index contributed by atoms with van der Waals surface area (Å²) in [7, 11) is -3.48. The number of benzene rings is 3. The molecule has 4 rings (SSSR count). The Balaban J connectivity index is 1.29. The van der Waals surface area contributed by atoms with Crippen molar-refractivity contribution in [2.24, 2.45) is 5.92 Å². The van der Waals surface area contributed by atoms with E-state index in [9.17, 15) is 8.42 Å². The van der Waals surface area contributed by atoms with Crippen molar-refractivity contribution in [3.05, 3.63) is 90.0 Å². The molecule has 0 amide bonds. The minimum Gasteiger partial charge on any atom is -0.207 e. The first-order chi connectivity index (χ1) is 15.1. The molecule has 0 aromatic heterocycles. The predicted octanol–water partition coefficient (Wildman–Crippen LogP) is 5.26. The molecule has 0 saturated carbocycles. The van der Waals surface area contributed by atoms with E-state index in [0.29, 0.717) is 24.6 Å². The molecule has 1 saturated heterocycles. The number of piperidine rings is 1. The summed E-state index contributed by atoms with van der Waals surface area (Å²) in [6.45, 7) is 1.11. The van der Waals surface area contributed by atoms with E-state index in [-0.39, 0.29) is 4.90 Å². The zero-order valence-electron chi connectivity index (χ0n) is 17.4. The molecule has 0 N–H and O–H groups in total. The maximum Gasteiger partial charge on any atom is 0.243 e. The van der Waals surface area contributed by atoms with Crippen molar-refractivity contribution in [1.82, 2.24) is 4.31 Å². The Hall–Kier alpha value is -2.94. The van der Waals surface area contributed by atoms with Crippen LogP contribution in [0.3, 0.4) is 0 Å². The third-order valence-electron chi connectivity index (χ3n) is 6.10. The summed E-state index contributed by atoms with van der Waals surface area (Å²) in [4.78, 5) is 0.267. The first-order valence-corrected chi connectivity index (χ1v) is 12.1. The van der Waals surface area contributed by atoms with Gasteiger partial charge >= 0.3 is 0 Å². The number of nitrogens with zero attached hydrogens (tertiary/aromatic N) is 2. The normalized spacial score (nSPS) is 15.5. The van der Waals surface area contributed by atoms with Gasteiger partial charge < -0.3 is 0 Å². The molecule has 31 heavy (non-hydrogen) atoms. The molecule has 5 heteroatoms. The van der Waals surface area contributed by atoms with E-state index < -0.39 is 10.0 Å². The summed E-state index contributed by atoms with van der Waals surface area (Å²) in [5.74, 6) is 0.543. The van der Waals surface area contributed by atoms with Crippen molar-refractivity contribution < 1.29 is 8.42 Å². The Labute approximate surface area is 184 Å². The number of hydrogen-bond donors (Lipinski definition) is 0. The molecule has 4 nitrogen and oxygen atoms in total. The van der Waals surface area contributed by atoms with E-state index in [4.69, 9.17) is 5.26 Å². The van der Waals surface area contributed by atoms with E-state index in [1.54, 1.807) is 16.4 Å². The Morgan fingerprint density at radius 1 is 0.839 bits per heavy atom. The summed E-state index contributed by atoms with van der Waals surface area (Å²) in [5.41, 5.74) is 4.25. The molecule has 1 aliphatic heterocycles. The van der Waals surface area contributed by atoms with Gasteiger partial charge in [0.25, 0.3) is 0 Å². The Morgan fingerprint density at radius 2 is 1.45 bits per heavy atom. The maximum atomic E-state index is 12.9. The number of nitriles is 1. The van der Waals surface area contributed by atoms with Crippen molar-refractivity contribution >= 4 is 10.0 Å². The number of aryl methyl sites for hydroxylation is 1. The van der Waals surface area contributed by atoms with Crippen LogP contribution in [0.5, 0.6) is 0 Å². The van der Waals surface area contributed by atoms with E-state index in [2.05, 4.69) is 48.5 Å². The standard InChI is InChI=1S/C26H26N2O2S/c27-20-23-10-14-26(15-11-23)31(29,30)28-18-16-22(17-19-28)7-6-21-8-12-25(13-9-21)24-4-2-1-3-5-24/h1-5,8-15,22H,6-7,16-19H2. The fourth-order valence-corrected chi connectivity index (χ4v) is 5.62. The van der Waals surface area contributed by atoms with Gasteiger partial charge in [0.1, 0.15) is 0 Å². The summed E-state index contributed by atoms with van der Waals surface area (Å²) < 4.78 is 27.3. The second-order valence-electron chi connectivity index (χ2n) is 8.09. The van der Waals surface area contributed by atoms with E-state index in [0.717, 1.165) is 25.7 Å². The topological polar surface area (TPSA) is 61.2 Å². The second-order valence-corrected chi connectivity index (χ2v) is 10.0. The minimum atomic E-state index is -3.48. The van der Waals surface area contributed by atoms with Crippen LogP contribution in [0.1, 0.15) is 30.4 Å². The van der Waals surface area contributed by atoms with Crippen LogP contribution < -0.4 is 0 Å². The average molecular weight is 431 g/mol. The van der Waals surface area contributed by atoms with Gasteiger partial charge in [-0.2, -0.15) is 9.57 Å². The van der Waals surface area contributed by atoms with E-state index >= 15 is 0 Å². The van der Waals surface area contributed by atoms with E-state index in [1.165, 1.54) is 28.8 Å². The molecule has 0 unspecified atom stereocenters. The van der Waals surface area contributed by atoms with Gasteiger partial charge in [-0.05, 0) is 72.6 Å². The molecular formula is C26H26N2O2S. The van der Waals surface area contributed by atoms with Gasteiger partial charge in [0.2, 0.25) is 10.0 Å². The lowest BCUT2D eigenvalue weighted by Crippen LogP contribution is -2.38. The fraction of sp³-hybridized carbons (Fsp3) is 0.269. The molecule has 0 bridgehead atoms. The van der Waals surface area contributed by atoms with Crippen molar-refractivity contribution in [2.45, 2.75) is 30.6 Å². The highest BCUT2D eigenvalue weighted by Gasteiger charge is 2.29. The zero-order chi connectivity index (χ0) is 21.7. The summed E-state index contributed by atoms with van der Waals surface area (Å²) >= 11 is 0. The van der Waals surface area contributed by atoms with Gasteiger partial charge in [-0.15, -0.1) is 0 Å². The monoisotopic (exact) mass is 430 g/mol. The number of rotatable bonds is 6. The first kappa shape index (κ1) is 21.3. The maximum absolute atomic E-state index is 12.9. The third-order valence-corrected chi connectivity index (χ3v) is 8.01. The molecular weight excluding hydrogens is 404 g/mol. The van der Waals surface area contributed by atoms with Gasteiger partial charge in [-0.1, -0.05) is 54.6 Å². The van der Waals surface area contributed by atoms with E-state index in [1.807, 2.05) is 12.1 Å². The van der Waals surface area contributed by atoms with Gasteiger partial charge in [-0.25, -0.2) is 8.42 Å². The van der Waals surface area contributed by atoms with Crippen LogP contribution in [0.15, 0.2) is 83.8 Å². The highest BCUT2D eigenvalue weighted by molar-refractivity contribution is 7.89. The van der Waals surface area contributed by atoms with Crippen molar-refractivity contribution in [3.63, 3.8) is 0 Å². The fourth-order valence-electron chi connectivity index (χ4n) is 4.15. The van der Waals surface area contributed by atoms with Crippen LogP contribution in [0.4, 0.5) is 0 Å². The zero-order valence-corrected chi connectivity index (χ0v) is 18.3. The van der Waals surface area contributed by atoms with Crippen LogP contribution in [-0.2, 0) is 16.4 Å². The van der Waals surface area contributed by atoms with Gasteiger partial charge in [-0.3, -0.25) is 0 Å². The molecule has 0 spiro atoms. The number of sulfonamides is 1. The summed E-state index contributed by atoms with van der Waals surface area (Å²) in [5, 5.41) is 8.90. The molecule has 0 aliphatic carbocycles. The molecule has 0 atom stereocenters. The lowest BCUT2D eigenvalue weighted by molar-refractivity contribution is 0.263. The molecule has 3 aromatic carbocycles. The van der Waals surface area contributed by atoms with Gasteiger partial charge in [0.15, 0.2) is 0 Å². The average Bonchev–Trinajstić information content (AvgIpc) is 2.84. The summed E-state index contributed by atoms with van der Waals surface area (Å²) in [6, 6.07) is 27.3. The van der Waals surface area contributed by atoms with Gasteiger partial charge in [0.05, 0.1) is 16.5 Å². The largest absolute Gasteiger partial charge is 0.243 e. The Morgan fingerprint density at radius 3 is 2.06 bits per heavy atom. The molecule has 158 valence electrons. The molecule has 1 heterocycles. The van der Waals surface area contributed by atoms with Crippen molar-refractivity contribution in [2.75, 3.05) is 13.1 Å².